The van der Waals surface area contributed by atoms with Crippen molar-refractivity contribution in [1.29, 1.82) is 0 Å². The third-order valence-corrected chi connectivity index (χ3v) is 5.21. The highest BCUT2D eigenvalue weighted by molar-refractivity contribution is 6.30. The van der Waals surface area contributed by atoms with E-state index in [1.54, 1.807) is 69.7 Å². The lowest BCUT2D eigenvalue weighted by Gasteiger charge is -2.24. The zero-order chi connectivity index (χ0) is 29.5. The summed E-state index contributed by atoms with van der Waals surface area (Å²) in [5, 5.41) is 3.20. The first-order valence-corrected chi connectivity index (χ1v) is 12.3. The molecule has 1 aromatic heterocycles. The van der Waals surface area contributed by atoms with Crippen LogP contribution in [0.1, 0.15) is 12.5 Å². The van der Waals surface area contributed by atoms with E-state index in [1.165, 1.54) is 23.0 Å². The predicted octanol–water partition coefficient (Wildman–Crippen LogP) is 3.60. The first kappa shape index (κ1) is 31.7. The second-order valence-corrected chi connectivity index (χ2v) is 8.92. The third-order valence-electron chi connectivity index (χ3n) is 4.95. The molecule has 0 saturated carbocycles. The third kappa shape index (κ3) is 10.7. The van der Waals surface area contributed by atoms with Gasteiger partial charge in [0.05, 0.1) is 24.6 Å². The fourth-order valence-electron chi connectivity index (χ4n) is 3.11. The number of H-pyrrole nitrogens is 1. The number of amides is 3. The largest absolute Gasteiger partial charge is 0.439 e. The van der Waals surface area contributed by atoms with Gasteiger partial charge in [0.2, 0.25) is 18.2 Å². The zero-order valence-corrected chi connectivity index (χ0v) is 23.3. The maximum absolute atomic E-state index is 12.8. The predicted molar refractivity (Wildman–Crippen MR) is 151 cm³/mol. The second-order valence-electron chi connectivity index (χ2n) is 8.48. The lowest BCUT2D eigenvalue weighted by atomic mass is 10.2. The van der Waals surface area contributed by atoms with Crippen LogP contribution in [-0.2, 0) is 20.9 Å². The lowest BCUT2D eigenvalue weighted by molar-refractivity contribution is -0.115. The molecule has 40 heavy (non-hydrogen) atoms. The summed E-state index contributed by atoms with van der Waals surface area (Å²) in [5.74, 6) is 0.184. The van der Waals surface area contributed by atoms with Crippen LogP contribution >= 0.6 is 11.6 Å². The number of urea groups is 1. The summed E-state index contributed by atoms with van der Waals surface area (Å²) in [6.07, 6.45) is 3.79. The number of aliphatic imine (C=N–C) groups is 1. The van der Waals surface area contributed by atoms with Crippen molar-refractivity contribution in [2.45, 2.75) is 13.5 Å². The van der Waals surface area contributed by atoms with Gasteiger partial charge in [0, 0.05) is 38.8 Å². The molecule has 212 valence electrons. The normalized spacial score (nSPS) is 11.4. The van der Waals surface area contributed by atoms with E-state index in [4.69, 9.17) is 16.3 Å². The standard InChI is InChI=1S/C25H25ClN6O5.C2H6O/c1-17(15-33)13-31(2)25(36)30-24(32(16-34)14-18-3-5-19(26)6-4-18)28-20-7-9-21(10-8-20)37-23-12-27-11-22(35)29-23;1-3-2/h3-12,15-17H,13-14H2,1-2H3,(H,29,35)(H,28,30,36);1-2H3/t17-;/m0./s1. The molecule has 1 heterocycles. The molecule has 0 saturated heterocycles. The van der Waals surface area contributed by atoms with Gasteiger partial charge >= 0.3 is 6.03 Å². The Hall–Kier alpha value is -4.55. The summed E-state index contributed by atoms with van der Waals surface area (Å²) < 4.78 is 9.82. The Morgan fingerprint density at radius 2 is 1.77 bits per heavy atom. The molecule has 3 aromatic rings. The number of carbonyl (C=O) groups is 3. The first-order valence-electron chi connectivity index (χ1n) is 11.9. The van der Waals surface area contributed by atoms with Crippen LogP contribution in [0.4, 0.5) is 10.5 Å². The molecule has 0 aliphatic rings. The van der Waals surface area contributed by atoms with Crippen molar-refractivity contribution < 1.29 is 23.9 Å². The molecule has 3 rings (SSSR count). The molecule has 13 heteroatoms. The maximum Gasteiger partial charge on any atom is 0.323 e. The zero-order valence-electron chi connectivity index (χ0n) is 22.5. The fraction of sp³-hybridized carbons (Fsp3) is 0.259. The van der Waals surface area contributed by atoms with Crippen molar-refractivity contribution in [3.8, 4) is 11.6 Å². The molecule has 0 bridgehead atoms. The van der Waals surface area contributed by atoms with Crippen LogP contribution in [0.5, 0.6) is 11.6 Å². The molecule has 3 amide bonds. The van der Waals surface area contributed by atoms with Gasteiger partial charge in [0.25, 0.3) is 5.56 Å². The molecule has 12 nitrogen and oxygen atoms in total. The monoisotopic (exact) mass is 570 g/mol. The first-order chi connectivity index (χ1) is 19.2. The average molecular weight is 571 g/mol. The fourth-order valence-corrected chi connectivity index (χ4v) is 3.24. The Kier molecular flexibility index (Phi) is 13.0. The number of methoxy groups -OCH3 is 1. The summed E-state index contributed by atoms with van der Waals surface area (Å²) in [6, 6.07) is 12.8. The van der Waals surface area contributed by atoms with E-state index in [2.05, 4.69) is 25.0 Å². The number of carbonyl (C=O) groups excluding carboxylic acids is 3. The summed E-state index contributed by atoms with van der Waals surface area (Å²) in [5.41, 5.74) is 0.769. The molecule has 1 atom stereocenters. The van der Waals surface area contributed by atoms with Crippen LogP contribution in [0.2, 0.25) is 5.02 Å². The van der Waals surface area contributed by atoms with Gasteiger partial charge in [-0.2, -0.15) is 0 Å². The van der Waals surface area contributed by atoms with Gasteiger partial charge in [0.1, 0.15) is 12.0 Å². The van der Waals surface area contributed by atoms with E-state index < -0.39 is 11.6 Å². The number of guanidine groups is 1. The van der Waals surface area contributed by atoms with Gasteiger partial charge in [-0.15, -0.1) is 0 Å². The van der Waals surface area contributed by atoms with Crippen LogP contribution in [-0.4, -0.2) is 72.3 Å². The van der Waals surface area contributed by atoms with Crippen LogP contribution in [0.25, 0.3) is 0 Å². The molecule has 2 N–H and O–H groups in total. The summed E-state index contributed by atoms with van der Waals surface area (Å²) >= 11 is 5.96. The number of hydrogen-bond donors (Lipinski definition) is 2. The molecule has 0 unspecified atom stereocenters. The molecule has 0 radical (unpaired) electrons. The van der Waals surface area contributed by atoms with Crippen LogP contribution < -0.4 is 15.6 Å². The number of nitrogens with zero attached hydrogens (tertiary/aromatic N) is 4. The van der Waals surface area contributed by atoms with Crippen molar-refractivity contribution in [3.63, 3.8) is 0 Å². The van der Waals surface area contributed by atoms with Crippen molar-refractivity contribution in [2.75, 3.05) is 27.8 Å². The Balaban J connectivity index is 0.00000178. The molecule has 0 spiro atoms. The van der Waals surface area contributed by atoms with Gasteiger partial charge in [0.15, 0.2) is 0 Å². The van der Waals surface area contributed by atoms with E-state index >= 15 is 0 Å². The molecule has 0 fully saturated rings. The highest BCUT2D eigenvalue weighted by Gasteiger charge is 2.19. The van der Waals surface area contributed by atoms with E-state index in [9.17, 15) is 19.2 Å². The van der Waals surface area contributed by atoms with Gasteiger partial charge in [-0.3, -0.25) is 29.8 Å². The SMILES string of the molecule is COC.C[C@H](C=O)CN(C)C(=O)NC(=Nc1ccc(Oc2cncc(=O)[nH]2)cc1)N(C=O)Cc1ccc(Cl)cc1. The van der Waals surface area contributed by atoms with E-state index in [1.807, 2.05) is 0 Å². The number of benzene rings is 2. The summed E-state index contributed by atoms with van der Waals surface area (Å²) in [6.45, 7) is 1.99. The number of rotatable bonds is 9. The van der Waals surface area contributed by atoms with Crippen molar-refractivity contribution in [3.05, 3.63) is 81.9 Å². The van der Waals surface area contributed by atoms with Crippen LogP contribution in [0.15, 0.2) is 70.7 Å². The number of ether oxygens (including phenoxy) is 2. The average Bonchev–Trinajstić information content (AvgIpc) is 2.93. The lowest BCUT2D eigenvalue weighted by Crippen LogP contribution is -2.48. The van der Waals surface area contributed by atoms with Crippen molar-refractivity contribution >= 4 is 42.0 Å². The second kappa shape index (κ2) is 16.4. The summed E-state index contributed by atoms with van der Waals surface area (Å²) in [7, 11) is 4.78. The smallest absolute Gasteiger partial charge is 0.323 e. The van der Waals surface area contributed by atoms with Crippen LogP contribution in [0.3, 0.4) is 0 Å². The maximum atomic E-state index is 12.8. The van der Waals surface area contributed by atoms with Crippen molar-refractivity contribution in [1.82, 2.24) is 25.1 Å². The van der Waals surface area contributed by atoms with Gasteiger partial charge < -0.3 is 19.2 Å². The Labute approximate surface area is 236 Å². The number of aldehydes is 1. The topological polar surface area (TPSA) is 146 Å². The molecule has 2 aromatic carbocycles. The minimum atomic E-state index is -0.545. The quantitative estimate of drug-likeness (QED) is 0.227. The van der Waals surface area contributed by atoms with Crippen LogP contribution in [0, 0.1) is 5.92 Å². The number of aromatic amines is 1. The molecule has 0 aliphatic heterocycles. The Morgan fingerprint density at radius 1 is 1.12 bits per heavy atom. The highest BCUT2D eigenvalue weighted by Crippen LogP contribution is 2.22. The van der Waals surface area contributed by atoms with E-state index in [0.29, 0.717) is 22.9 Å². The van der Waals surface area contributed by atoms with Crippen molar-refractivity contribution in [2.24, 2.45) is 10.9 Å². The van der Waals surface area contributed by atoms with Gasteiger partial charge in [-0.1, -0.05) is 30.7 Å². The molecular formula is C27H31ClN6O6. The Bertz CT molecular complexity index is 1330. The number of hydrogen-bond acceptors (Lipinski definition) is 8. The van der Waals surface area contributed by atoms with Gasteiger partial charge in [-0.05, 0) is 42.0 Å². The van der Waals surface area contributed by atoms with Gasteiger partial charge in [-0.25, -0.2) is 9.79 Å². The number of aromatic nitrogens is 2. The summed E-state index contributed by atoms with van der Waals surface area (Å²) in [4.78, 5) is 60.5. The number of halogens is 1. The highest BCUT2D eigenvalue weighted by atomic mass is 35.5. The minimum Gasteiger partial charge on any atom is -0.439 e. The van der Waals surface area contributed by atoms with E-state index in [-0.39, 0.29) is 30.8 Å². The van der Waals surface area contributed by atoms with E-state index in [0.717, 1.165) is 18.0 Å². The molecule has 0 aliphatic carbocycles. The number of nitrogens with one attached hydrogen (secondary N) is 2. The minimum absolute atomic E-state index is 0.0224. The Morgan fingerprint density at radius 3 is 2.35 bits per heavy atom. The molecular weight excluding hydrogens is 540 g/mol.